The van der Waals surface area contributed by atoms with Gasteiger partial charge in [0.25, 0.3) is 0 Å². The number of carbonyl (C=O) groups is 2. The molecular formula is C26H37N5O4. The summed E-state index contributed by atoms with van der Waals surface area (Å²) in [6.45, 7) is 12.7. The van der Waals surface area contributed by atoms with E-state index >= 15 is 0 Å². The molecule has 2 aliphatic heterocycles. The first-order valence-electron chi connectivity index (χ1n) is 12.4. The summed E-state index contributed by atoms with van der Waals surface area (Å²) in [4.78, 5) is 40.0. The molecule has 1 aromatic heterocycles. The summed E-state index contributed by atoms with van der Waals surface area (Å²) < 4.78 is 10.3. The van der Waals surface area contributed by atoms with E-state index in [1.165, 1.54) is 13.3 Å². The van der Waals surface area contributed by atoms with Crippen molar-refractivity contribution in [2.75, 3.05) is 38.2 Å². The number of amides is 1. The zero-order valence-corrected chi connectivity index (χ0v) is 21.7. The van der Waals surface area contributed by atoms with Gasteiger partial charge in [0.15, 0.2) is 11.5 Å². The highest BCUT2D eigenvalue weighted by atomic mass is 16.6. The van der Waals surface area contributed by atoms with E-state index < -0.39 is 11.6 Å². The second-order valence-electron chi connectivity index (χ2n) is 11.0. The molecule has 4 rings (SSSR count). The third-order valence-electron chi connectivity index (χ3n) is 7.52. The minimum atomic E-state index is -0.504. The highest BCUT2D eigenvalue weighted by Gasteiger charge is 2.61. The highest BCUT2D eigenvalue weighted by molar-refractivity contribution is 5.87. The van der Waals surface area contributed by atoms with E-state index in [1.54, 1.807) is 0 Å². The number of nitrogens with zero attached hydrogens (tertiary/aromatic N) is 5. The van der Waals surface area contributed by atoms with Gasteiger partial charge in [-0.25, -0.2) is 19.6 Å². The Bertz CT molecular complexity index is 1020. The summed E-state index contributed by atoms with van der Waals surface area (Å²) in [6, 6.07) is 0.208. The summed E-state index contributed by atoms with van der Waals surface area (Å²) in [5.74, 6) is 3.72. The van der Waals surface area contributed by atoms with Gasteiger partial charge in [-0.15, -0.1) is 6.42 Å². The Morgan fingerprint density at radius 2 is 1.91 bits per heavy atom. The van der Waals surface area contributed by atoms with E-state index in [9.17, 15) is 9.59 Å². The van der Waals surface area contributed by atoms with Crippen LogP contribution in [0.1, 0.15) is 63.1 Å². The van der Waals surface area contributed by atoms with Gasteiger partial charge in [0.05, 0.1) is 19.0 Å². The van der Waals surface area contributed by atoms with E-state index in [2.05, 4.69) is 32.6 Å². The lowest BCUT2D eigenvalue weighted by molar-refractivity contribution is 0.00463. The molecule has 0 N–H and O–H groups in total. The van der Waals surface area contributed by atoms with Gasteiger partial charge in [-0.3, -0.25) is 4.90 Å². The van der Waals surface area contributed by atoms with Crippen molar-refractivity contribution in [3.8, 4) is 12.3 Å². The summed E-state index contributed by atoms with van der Waals surface area (Å²) >= 11 is 0. The monoisotopic (exact) mass is 483 g/mol. The quantitative estimate of drug-likeness (QED) is 0.479. The van der Waals surface area contributed by atoms with E-state index in [4.69, 9.17) is 15.9 Å². The Hall–Kier alpha value is -2.86. The van der Waals surface area contributed by atoms with E-state index in [1.807, 2.05) is 32.6 Å². The maximum atomic E-state index is 12.5. The number of carbonyl (C=O) groups excluding carboxylic acids is 2. The lowest BCUT2D eigenvalue weighted by Gasteiger charge is -2.51. The highest BCUT2D eigenvalue weighted by Crippen LogP contribution is 2.53. The Morgan fingerprint density at radius 1 is 1.26 bits per heavy atom. The largest absolute Gasteiger partial charge is 0.464 e. The number of piperidine rings is 1. The van der Waals surface area contributed by atoms with Crippen molar-refractivity contribution in [3.63, 3.8) is 0 Å². The lowest BCUT2D eigenvalue weighted by atomic mass is 9.94. The molecule has 1 amide bonds. The SMILES string of the molecule is C#C[C@@H]1CN(C2CCN(C(=O)OC(C)(C)C)CC2)C2(CC2C)CN1c1ncc(C(=O)OC)nc1C. The standard InChI is InChI=1S/C26H37N5O4/c1-8-19-15-31(20-9-11-29(12-10-20)24(33)35-25(4,5)6)26(13-17(26)2)16-30(19)22-18(3)28-21(14-27-22)23(32)34-7/h1,14,17,19-20H,9-13,15-16H2,2-7H3/t17?,19-,26?/m1/s1. The molecule has 0 aromatic carbocycles. The van der Waals surface area contributed by atoms with E-state index in [0.717, 1.165) is 38.2 Å². The van der Waals surface area contributed by atoms with E-state index in [-0.39, 0.29) is 23.4 Å². The second-order valence-corrected chi connectivity index (χ2v) is 11.0. The van der Waals surface area contributed by atoms with Crippen LogP contribution in [-0.2, 0) is 9.47 Å². The summed E-state index contributed by atoms with van der Waals surface area (Å²) in [5.41, 5.74) is 0.390. The third kappa shape index (κ3) is 4.94. The van der Waals surface area contributed by atoms with Gasteiger partial charge in [0.1, 0.15) is 11.6 Å². The van der Waals surface area contributed by atoms with Crippen LogP contribution in [0.25, 0.3) is 0 Å². The zero-order valence-electron chi connectivity index (χ0n) is 21.7. The van der Waals surface area contributed by atoms with Gasteiger partial charge in [-0.1, -0.05) is 12.8 Å². The minimum Gasteiger partial charge on any atom is -0.464 e. The Morgan fingerprint density at radius 3 is 2.43 bits per heavy atom. The van der Waals surface area contributed by atoms with Crippen LogP contribution in [0, 0.1) is 25.2 Å². The molecule has 9 nitrogen and oxygen atoms in total. The van der Waals surface area contributed by atoms with Crippen molar-refractivity contribution in [1.82, 2.24) is 19.8 Å². The molecule has 0 bridgehead atoms. The average molecular weight is 484 g/mol. The van der Waals surface area contributed by atoms with E-state index in [0.29, 0.717) is 30.7 Å². The number of piperazine rings is 1. The predicted octanol–water partition coefficient (Wildman–Crippen LogP) is 2.87. The van der Waals surface area contributed by atoms with Gasteiger partial charge in [-0.2, -0.15) is 0 Å². The Kier molecular flexibility index (Phi) is 6.71. The molecule has 3 atom stereocenters. The lowest BCUT2D eigenvalue weighted by Crippen LogP contribution is -2.64. The number of terminal acetylenes is 1. The summed E-state index contributed by atoms with van der Waals surface area (Å²) in [6.07, 6.45) is 10.2. The molecule has 3 aliphatic rings. The van der Waals surface area contributed by atoms with Crippen molar-refractivity contribution in [2.24, 2.45) is 5.92 Å². The molecule has 190 valence electrons. The molecule has 3 heterocycles. The van der Waals surface area contributed by atoms with Gasteiger partial charge < -0.3 is 19.3 Å². The number of aryl methyl sites for hydroxylation is 1. The van der Waals surface area contributed by atoms with Gasteiger partial charge in [0.2, 0.25) is 0 Å². The van der Waals surface area contributed by atoms with Crippen LogP contribution in [0.15, 0.2) is 6.20 Å². The maximum absolute atomic E-state index is 12.5. The Balaban J connectivity index is 1.49. The van der Waals surface area contributed by atoms with Crippen molar-refractivity contribution < 1.29 is 19.1 Å². The van der Waals surface area contributed by atoms with Crippen LogP contribution in [0.3, 0.4) is 0 Å². The number of hydrogen-bond acceptors (Lipinski definition) is 8. The first kappa shape index (κ1) is 25.2. The second kappa shape index (κ2) is 9.30. The summed E-state index contributed by atoms with van der Waals surface area (Å²) in [5, 5.41) is 0. The van der Waals surface area contributed by atoms with Gasteiger partial charge in [0, 0.05) is 37.8 Å². The number of hydrogen-bond donors (Lipinski definition) is 0. The fraction of sp³-hybridized carbons (Fsp3) is 0.692. The molecule has 0 radical (unpaired) electrons. The van der Waals surface area contributed by atoms with Crippen molar-refractivity contribution in [3.05, 3.63) is 17.6 Å². The predicted molar refractivity (Wildman–Crippen MR) is 132 cm³/mol. The van der Waals surface area contributed by atoms with Crippen LogP contribution >= 0.6 is 0 Å². The van der Waals surface area contributed by atoms with Crippen molar-refractivity contribution >= 4 is 17.9 Å². The normalized spacial score (nSPS) is 27.5. The fourth-order valence-electron chi connectivity index (χ4n) is 5.58. The number of anilines is 1. The van der Waals surface area contributed by atoms with Crippen molar-refractivity contribution in [2.45, 2.75) is 77.1 Å². The Labute approximate surface area is 208 Å². The number of esters is 1. The molecule has 1 aliphatic carbocycles. The summed E-state index contributed by atoms with van der Waals surface area (Å²) in [7, 11) is 1.33. The maximum Gasteiger partial charge on any atom is 0.410 e. The minimum absolute atomic E-state index is 0.0290. The van der Waals surface area contributed by atoms with Gasteiger partial charge in [-0.05, 0) is 52.9 Å². The molecule has 1 aromatic rings. The molecular weight excluding hydrogens is 446 g/mol. The van der Waals surface area contributed by atoms with Crippen LogP contribution < -0.4 is 4.90 Å². The first-order chi connectivity index (χ1) is 16.5. The number of ether oxygens (including phenoxy) is 2. The van der Waals surface area contributed by atoms with Crippen LogP contribution in [0.2, 0.25) is 0 Å². The number of aromatic nitrogens is 2. The smallest absolute Gasteiger partial charge is 0.410 e. The van der Waals surface area contributed by atoms with Crippen LogP contribution in [0.4, 0.5) is 10.6 Å². The number of methoxy groups -OCH3 is 1. The third-order valence-corrected chi connectivity index (χ3v) is 7.52. The average Bonchev–Trinajstić information content (AvgIpc) is 3.45. The molecule has 2 unspecified atom stereocenters. The molecule has 1 saturated carbocycles. The zero-order chi connectivity index (χ0) is 25.5. The molecule has 2 saturated heterocycles. The van der Waals surface area contributed by atoms with Crippen molar-refractivity contribution in [1.29, 1.82) is 0 Å². The van der Waals surface area contributed by atoms with Crippen LogP contribution in [0.5, 0.6) is 0 Å². The van der Waals surface area contributed by atoms with Gasteiger partial charge >= 0.3 is 12.1 Å². The first-order valence-corrected chi connectivity index (χ1v) is 12.4. The fourth-order valence-corrected chi connectivity index (χ4v) is 5.58. The molecule has 9 heteroatoms. The molecule has 35 heavy (non-hydrogen) atoms. The number of likely N-dealkylation sites (tertiary alicyclic amines) is 1. The number of rotatable bonds is 3. The molecule has 3 fully saturated rings. The molecule has 1 spiro atoms. The van der Waals surface area contributed by atoms with Crippen LogP contribution in [-0.4, -0.2) is 88.3 Å². The topological polar surface area (TPSA) is 88.1 Å².